The molecule has 0 saturated carbocycles. The van der Waals surface area contributed by atoms with Crippen LogP contribution in [0.25, 0.3) is 10.4 Å². The molecule has 0 amide bonds. The van der Waals surface area contributed by atoms with E-state index in [1.165, 1.54) is 0 Å². The Kier molecular flexibility index (Phi) is 7.55. The van der Waals surface area contributed by atoms with Gasteiger partial charge in [0.15, 0.2) is 0 Å². The summed E-state index contributed by atoms with van der Waals surface area (Å²) in [5, 5.41) is 13.6. The van der Waals surface area contributed by atoms with E-state index in [1.54, 1.807) is 24.3 Å². The molecule has 0 atom stereocenters. The van der Waals surface area contributed by atoms with Crippen molar-refractivity contribution in [3.8, 4) is 0 Å². The van der Waals surface area contributed by atoms with Crippen LogP contribution in [0, 0.1) is 0 Å². The van der Waals surface area contributed by atoms with Gasteiger partial charge in [0.2, 0.25) is 0 Å². The first-order chi connectivity index (χ1) is 7.34. The van der Waals surface area contributed by atoms with E-state index < -0.39 is 5.88 Å². The molecule has 0 aliphatic heterocycles. The van der Waals surface area contributed by atoms with Crippen molar-refractivity contribution in [1.29, 1.82) is 0 Å². The summed E-state index contributed by atoms with van der Waals surface area (Å²) in [5.74, 6) is -0.535. The van der Waals surface area contributed by atoms with E-state index in [1.807, 2.05) is 30.3 Å². The van der Waals surface area contributed by atoms with Gasteiger partial charge in [0, 0.05) is 4.91 Å². The molecule has 1 aliphatic rings. The van der Waals surface area contributed by atoms with Gasteiger partial charge in [0.05, 0.1) is 0 Å². The van der Waals surface area contributed by atoms with Crippen molar-refractivity contribution in [2.45, 2.75) is 0 Å². The molecule has 1 aromatic carbocycles. The molecular formula is C11H9FeN3O. The summed E-state index contributed by atoms with van der Waals surface area (Å²) in [5.41, 5.74) is 8.30. The van der Waals surface area contributed by atoms with E-state index in [2.05, 4.69) is 10.0 Å². The second-order valence-electron chi connectivity index (χ2n) is 2.63. The average molecular weight is 255 g/mol. The minimum absolute atomic E-state index is 0. The Morgan fingerprint density at radius 3 is 2.19 bits per heavy atom. The smallest absolute Gasteiger partial charge is 0.871 e. The fourth-order valence-electron chi connectivity index (χ4n) is 0.936. The molecule has 82 valence electrons. The molecular weight excluding hydrogens is 246 g/mol. The van der Waals surface area contributed by atoms with E-state index >= 15 is 0 Å². The third-order valence-corrected chi connectivity index (χ3v) is 1.60. The summed E-state index contributed by atoms with van der Waals surface area (Å²) in [6.45, 7) is 0. The van der Waals surface area contributed by atoms with Crippen LogP contribution in [0.5, 0.6) is 0 Å². The van der Waals surface area contributed by atoms with Gasteiger partial charge in [-0.05, 0) is 17.0 Å². The minimum atomic E-state index is -0.535. The summed E-state index contributed by atoms with van der Waals surface area (Å²) in [4.78, 5) is 2.37. The van der Waals surface area contributed by atoms with E-state index in [0.717, 1.165) is 0 Å². The Balaban J connectivity index is 0.000000318. The molecule has 1 aromatic rings. The number of nitrogens with zero attached hydrogens (tertiary/aromatic N) is 3. The Morgan fingerprint density at radius 2 is 1.81 bits per heavy atom. The topological polar surface area (TPSA) is 71.8 Å². The number of rotatable bonds is 1. The predicted octanol–water partition coefficient (Wildman–Crippen LogP) is 2.40. The molecule has 0 fully saturated rings. The average Bonchev–Trinajstić information content (AvgIpc) is 2.95. The first-order valence-corrected chi connectivity index (χ1v) is 4.32. The van der Waals surface area contributed by atoms with Gasteiger partial charge in [0.25, 0.3) is 0 Å². The molecule has 0 bridgehead atoms. The summed E-state index contributed by atoms with van der Waals surface area (Å²) < 4.78 is 0. The molecule has 0 heterocycles. The predicted molar refractivity (Wildman–Crippen MR) is 56.5 cm³/mol. The number of azide groups is 1. The second-order valence-corrected chi connectivity index (χ2v) is 2.63. The van der Waals surface area contributed by atoms with Crippen LogP contribution in [-0.4, -0.2) is 0 Å². The largest absolute Gasteiger partial charge is 2.00 e. The van der Waals surface area contributed by atoms with Crippen LogP contribution in [0.2, 0.25) is 0 Å². The van der Waals surface area contributed by atoms with Gasteiger partial charge in [-0.25, -0.2) is 12.1 Å². The monoisotopic (exact) mass is 255 g/mol. The normalized spacial score (nSPS) is 10.9. The van der Waals surface area contributed by atoms with Gasteiger partial charge in [-0.2, -0.15) is 18.2 Å². The van der Waals surface area contributed by atoms with Gasteiger partial charge in [0.1, 0.15) is 0 Å². The zero-order valence-electron chi connectivity index (χ0n) is 8.30. The molecule has 0 unspecified atom stereocenters. The van der Waals surface area contributed by atoms with Gasteiger partial charge >= 0.3 is 17.1 Å². The number of hydrogen-bond acceptors (Lipinski definition) is 2. The fraction of sp³-hybridized carbons (Fsp3) is 0. The van der Waals surface area contributed by atoms with Crippen LogP contribution in [0.1, 0.15) is 0 Å². The summed E-state index contributed by atoms with van der Waals surface area (Å²) in [6, 6.07) is 10.0. The molecule has 0 spiro atoms. The fourth-order valence-corrected chi connectivity index (χ4v) is 0.936. The SMILES string of the molecule is [Fe+2].[N-]=[N+]=NC([O-])=C1C=CC=C1.c1cc[cH-]c1. The van der Waals surface area contributed by atoms with Gasteiger partial charge in [-0.1, -0.05) is 29.4 Å². The molecule has 0 radical (unpaired) electrons. The van der Waals surface area contributed by atoms with Crippen molar-refractivity contribution in [2.75, 3.05) is 0 Å². The zero-order valence-corrected chi connectivity index (χ0v) is 9.40. The summed E-state index contributed by atoms with van der Waals surface area (Å²) in [7, 11) is 0. The van der Waals surface area contributed by atoms with E-state index in [4.69, 9.17) is 5.53 Å². The summed E-state index contributed by atoms with van der Waals surface area (Å²) >= 11 is 0. The molecule has 16 heavy (non-hydrogen) atoms. The number of allylic oxidation sites excluding steroid dienone is 5. The van der Waals surface area contributed by atoms with Crippen molar-refractivity contribution in [2.24, 2.45) is 5.11 Å². The van der Waals surface area contributed by atoms with Crippen LogP contribution in [0.15, 0.2) is 71.2 Å². The quantitative estimate of drug-likeness (QED) is 0.189. The van der Waals surface area contributed by atoms with Crippen LogP contribution >= 0.6 is 0 Å². The Hall–Kier alpha value is -1.80. The van der Waals surface area contributed by atoms with E-state index in [9.17, 15) is 5.11 Å². The number of hydrogen-bond donors (Lipinski definition) is 0. The molecule has 1 aliphatic carbocycles. The van der Waals surface area contributed by atoms with Crippen molar-refractivity contribution in [1.82, 2.24) is 0 Å². The van der Waals surface area contributed by atoms with Crippen molar-refractivity contribution in [3.05, 3.63) is 76.5 Å². The Bertz CT molecular complexity index is 395. The maximum Gasteiger partial charge on any atom is 2.00 e. The van der Waals surface area contributed by atoms with Crippen molar-refractivity contribution < 1.29 is 22.2 Å². The molecule has 4 nitrogen and oxygen atoms in total. The maximum atomic E-state index is 10.7. The van der Waals surface area contributed by atoms with Crippen molar-refractivity contribution in [3.63, 3.8) is 0 Å². The molecule has 2 rings (SSSR count). The standard InChI is InChI=1S/C6H5N3O.C5H5.Fe/c7-9-8-6(10)5-3-1-2-4-5;1-2-4-5-3-1;/h1-4,10H;1-5H;/q;-1;+2/p-1. The van der Waals surface area contributed by atoms with Crippen LogP contribution in [0.3, 0.4) is 0 Å². The second kappa shape index (κ2) is 8.50. The third kappa shape index (κ3) is 5.17. The first-order valence-electron chi connectivity index (χ1n) is 4.32. The van der Waals surface area contributed by atoms with Crippen molar-refractivity contribution >= 4 is 0 Å². The van der Waals surface area contributed by atoms with E-state index in [-0.39, 0.29) is 17.1 Å². The van der Waals surface area contributed by atoms with Crippen LogP contribution in [-0.2, 0) is 17.1 Å². The molecule has 0 N–H and O–H groups in total. The first kappa shape index (κ1) is 14.2. The third-order valence-electron chi connectivity index (χ3n) is 1.60. The maximum absolute atomic E-state index is 10.7. The molecule has 0 saturated heterocycles. The van der Waals surface area contributed by atoms with E-state index in [0.29, 0.717) is 5.57 Å². The summed E-state index contributed by atoms with van der Waals surface area (Å²) in [6.07, 6.45) is 6.61. The van der Waals surface area contributed by atoms with Crippen LogP contribution in [0.4, 0.5) is 0 Å². The zero-order chi connectivity index (χ0) is 10.9. The minimum Gasteiger partial charge on any atom is -0.871 e. The van der Waals surface area contributed by atoms with Gasteiger partial charge in [-0.3, -0.25) is 0 Å². The Labute approximate surface area is 104 Å². The Morgan fingerprint density at radius 1 is 1.25 bits per heavy atom. The van der Waals surface area contributed by atoms with Crippen LogP contribution < -0.4 is 5.11 Å². The van der Waals surface area contributed by atoms with Gasteiger partial charge < -0.3 is 5.11 Å². The molecule has 0 aromatic heterocycles. The molecule has 5 heteroatoms. The van der Waals surface area contributed by atoms with Gasteiger partial charge in [-0.15, -0.1) is 0 Å².